The maximum absolute atomic E-state index is 12.2. The van der Waals surface area contributed by atoms with Gasteiger partial charge in [-0.1, -0.05) is 32.9 Å². The Hall–Kier alpha value is -1.35. The molecule has 0 saturated carbocycles. The molecule has 0 aliphatic carbocycles. The highest BCUT2D eigenvalue weighted by Gasteiger charge is 2.24. The smallest absolute Gasteiger partial charge is 0.137 e. The molecule has 0 fully saturated rings. The second kappa shape index (κ2) is 8.18. The van der Waals surface area contributed by atoms with Crippen molar-refractivity contribution in [2.45, 2.75) is 46.5 Å². The molecule has 0 bridgehead atoms. The first-order valence-electron chi connectivity index (χ1n) is 7.71. The van der Waals surface area contributed by atoms with Crippen LogP contribution in [0, 0.1) is 11.3 Å². The summed E-state index contributed by atoms with van der Waals surface area (Å²) in [6.45, 7) is 7.35. The van der Waals surface area contributed by atoms with E-state index in [0.717, 1.165) is 24.2 Å². The first-order valence-corrected chi connectivity index (χ1v) is 7.71. The lowest BCUT2D eigenvalue weighted by Crippen LogP contribution is -2.24. The lowest BCUT2D eigenvalue weighted by molar-refractivity contribution is -0.118. The molecule has 0 radical (unpaired) electrons. The minimum Gasteiger partial charge on any atom is -0.497 e. The van der Waals surface area contributed by atoms with Crippen LogP contribution in [0.2, 0.25) is 0 Å². The van der Waals surface area contributed by atoms with Crippen LogP contribution >= 0.6 is 0 Å². The van der Waals surface area contributed by atoms with Crippen LogP contribution in [-0.4, -0.2) is 19.4 Å². The van der Waals surface area contributed by atoms with Crippen LogP contribution in [0.3, 0.4) is 0 Å². The van der Waals surface area contributed by atoms with E-state index in [1.807, 2.05) is 24.3 Å². The van der Waals surface area contributed by atoms with Gasteiger partial charge < -0.3 is 10.5 Å². The molecule has 0 aliphatic rings. The van der Waals surface area contributed by atoms with Gasteiger partial charge in [-0.2, -0.15) is 0 Å². The maximum atomic E-state index is 12.2. The highest BCUT2D eigenvalue weighted by molar-refractivity contribution is 5.80. The predicted molar refractivity (Wildman–Crippen MR) is 87.6 cm³/mol. The Morgan fingerprint density at radius 3 is 2.57 bits per heavy atom. The van der Waals surface area contributed by atoms with E-state index < -0.39 is 0 Å². The Morgan fingerprint density at radius 1 is 1.29 bits per heavy atom. The van der Waals surface area contributed by atoms with E-state index in [9.17, 15) is 4.79 Å². The van der Waals surface area contributed by atoms with Gasteiger partial charge in [0.1, 0.15) is 11.5 Å². The summed E-state index contributed by atoms with van der Waals surface area (Å²) in [4.78, 5) is 12.2. The zero-order valence-corrected chi connectivity index (χ0v) is 13.8. The molecule has 0 aromatic heterocycles. The quantitative estimate of drug-likeness (QED) is 0.796. The first kappa shape index (κ1) is 17.7. The van der Waals surface area contributed by atoms with Crippen LogP contribution in [0.1, 0.15) is 45.6 Å². The monoisotopic (exact) mass is 291 g/mol. The van der Waals surface area contributed by atoms with Gasteiger partial charge in [0.05, 0.1) is 7.11 Å². The highest BCUT2D eigenvalue weighted by atomic mass is 16.5. The van der Waals surface area contributed by atoms with Crippen LogP contribution in [0.4, 0.5) is 0 Å². The van der Waals surface area contributed by atoms with Crippen molar-refractivity contribution in [1.29, 1.82) is 0 Å². The molecule has 3 nitrogen and oxygen atoms in total. The summed E-state index contributed by atoms with van der Waals surface area (Å²) in [5.41, 5.74) is 6.91. The number of carbonyl (C=O) groups excluding carboxylic acids is 1. The SMILES string of the molecule is COc1cccc(CC(=O)CCC(CCN)C(C)(C)C)c1. The van der Waals surface area contributed by atoms with E-state index in [0.29, 0.717) is 25.3 Å². The molecular formula is C18H29NO2. The fourth-order valence-corrected chi connectivity index (χ4v) is 2.65. The summed E-state index contributed by atoms with van der Waals surface area (Å²) < 4.78 is 5.19. The third-order valence-electron chi connectivity index (χ3n) is 4.05. The number of rotatable bonds is 8. The summed E-state index contributed by atoms with van der Waals surface area (Å²) in [5, 5.41) is 0. The van der Waals surface area contributed by atoms with Crippen molar-refractivity contribution in [1.82, 2.24) is 0 Å². The Balaban J connectivity index is 2.52. The number of nitrogens with two attached hydrogens (primary N) is 1. The average molecular weight is 291 g/mol. The minimum absolute atomic E-state index is 0.204. The van der Waals surface area contributed by atoms with Gasteiger partial charge >= 0.3 is 0 Å². The zero-order chi connectivity index (χ0) is 15.9. The zero-order valence-electron chi connectivity index (χ0n) is 13.8. The van der Waals surface area contributed by atoms with Gasteiger partial charge in [0, 0.05) is 12.8 Å². The first-order chi connectivity index (χ1) is 9.86. The van der Waals surface area contributed by atoms with Gasteiger partial charge in [0.25, 0.3) is 0 Å². The summed E-state index contributed by atoms with van der Waals surface area (Å²) in [7, 11) is 1.64. The number of hydrogen-bond acceptors (Lipinski definition) is 3. The molecule has 0 saturated heterocycles. The van der Waals surface area contributed by atoms with Crippen molar-refractivity contribution in [3.05, 3.63) is 29.8 Å². The molecule has 0 spiro atoms. The number of ketones is 1. The van der Waals surface area contributed by atoms with E-state index in [1.165, 1.54) is 0 Å². The van der Waals surface area contributed by atoms with Crippen molar-refractivity contribution < 1.29 is 9.53 Å². The fraction of sp³-hybridized carbons (Fsp3) is 0.611. The van der Waals surface area contributed by atoms with Crippen LogP contribution in [-0.2, 0) is 11.2 Å². The Morgan fingerprint density at radius 2 is 2.00 bits per heavy atom. The van der Waals surface area contributed by atoms with Gasteiger partial charge in [0.15, 0.2) is 0 Å². The molecule has 3 heteroatoms. The van der Waals surface area contributed by atoms with Gasteiger partial charge in [-0.05, 0) is 48.4 Å². The molecule has 0 aliphatic heterocycles. The fourth-order valence-electron chi connectivity index (χ4n) is 2.65. The highest BCUT2D eigenvalue weighted by Crippen LogP contribution is 2.32. The molecule has 1 unspecified atom stereocenters. The van der Waals surface area contributed by atoms with E-state index in [-0.39, 0.29) is 11.2 Å². The van der Waals surface area contributed by atoms with E-state index in [4.69, 9.17) is 10.5 Å². The molecule has 21 heavy (non-hydrogen) atoms. The third kappa shape index (κ3) is 6.30. The summed E-state index contributed by atoms with van der Waals surface area (Å²) in [6, 6.07) is 7.72. The topological polar surface area (TPSA) is 52.3 Å². The molecule has 2 N–H and O–H groups in total. The largest absolute Gasteiger partial charge is 0.497 e. The second-order valence-electron chi connectivity index (χ2n) is 6.75. The predicted octanol–water partition coefficient (Wildman–Crippen LogP) is 3.60. The van der Waals surface area contributed by atoms with E-state index in [2.05, 4.69) is 20.8 Å². The molecule has 118 valence electrons. The van der Waals surface area contributed by atoms with Crippen LogP contribution in [0.15, 0.2) is 24.3 Å². The Bertz CT molecular complexity index is 449. The second-order valence-corrected chi connectivity index (χ2v) is 6.75. The van der Waals surface area contributed by atoms with Gasteiger partial charge in [-0.3, -0.25) is 4.79 Å². The summed E-state index contributed by atoms with van der Waals surface area (Å²) in [6.07, 6.45) is 3.01. The molecule has 1 atom stereocenters. The molecular weight excluding hydrogens is 262 g/mol. The number of ether oxygens (including phenoxy) is 1. The van der Waals surface area contributed by atoms with Crippen LogP contribution < -0.4 is 10.5 Å². The minimum atomic E-state index is 0.204. The van der Waals surface area contributed by atoms with E-state index >= 15 is 0 Å². The van der Waals surface area contributed by atoms with Crippen molar-refractivity contribution in [3.63, 3.8) is 0 Å². The van der Waals surface area contributed by atoms with Gasteiger partial charge in [-0.25, -0.2) is 0 Å². The number of methoxy groups -OCH3 is 1. The Kier molecular flexibility index (Phi) is 6.90. The Labute approximate surface area is 128 Å². The molecule has 1 aromatic carbocycles. The normalized spacial score (nSPS) is 13.0. The molecule has 0 heterocycles. The number of hydrogen-bond donors (Lipinski definition) is 1. The molecule has 1 rings (SSSR count). The number of benzene rings is 1. The number of carbonyl (C=O) groups is 1. The van der Waals surface area contributed by atoms with Gasteiger partial charge in [-0.15, -0.1) is 0 Å². The van der Waals surface area contributed by atoms with Crippen molar-refractivity contribution in [2.75, 3.05) is 13.7 Å². The summed E-state index contributed by atoms with van der Waals surface area (Å²) >= 11 is 0. The van der Waals surface area contributed by atoms with Gasteiger partial charge in [0.2, 0.25) is 0 Å². The lowest BCUT2D eigenvalue weighted by Gasteiger charge is -2.30. The maximum Gasteiger partial charge on any atom is 0.137 e. The van der Waals surface area contributed by atoms with Crippen molar-refractivity contribution >= 4 is 5.78 Å². The standard InChI is InChI=1S/C18H29NO2/c1-18(2,3)15(10-11-19)8-9-16(20)12-14-6-5-7-17(13-14)21-4/h5-7,13,15H,8-12,19H2,1-4H3. The van der Waals surface area contributed by atoms with Crippen molar-refractivity contribution in [3.8, 4) is 5.75 Å². The van der Waals surface area contributed by atoms with Crippen LogP contribution in [0.25, 0.3) is 0 Å². The third-order valence-corrected chi connectivity index (χ3v) is 4.05. The van der Waals surface area contributed by atoms with Crippen LogP contribution in [0.5, 0.6) is 5.75 Å². The average Bonchev–Trinajstić information content (AvgIpc) is 2.42. The molecule has 1 aromatic rings. The number of Topliss-reactive ketones (excluding diaryl/α,β-unsaturated/α-hetero) is 1. The van der Waals surface area contributed by atoms with Crippen molar-refractivity contribution in [2.24, 2.45) is 17.1 Å². The summed E-state index contributed by atoms with van der Waals surface area (Å²) in [5.74, 6) is 1.59. The molecule has 0 amide bonds. The van der Waals surface area contributed by atoms with E-state index in [1.54, 1.807) is 7.11 Å². The lowest BCUT2D eigenvalue weighted by atomic mass is 9.76.